The third-order valence-electron chi connectivity index (χ3n) is 10.3. The number of carbonyl (C=O) groups excluding carboxylic acids is 2. The standard InChI is InChI=1S/C30H52FN5O4/c1-6-12-33-28-20-15-17(4)26-24-21(31)8-7-9-23(24)39-14-11-22(40-18(5)37)19-10-13-32-25(16(2)3)27(19)36(29(20)34-26)30(38)35-28/h16-17,19-29,32-34H,6-15H2,1-5H3,(H,35,38). The molecule has 9 nitrogen and oxygen atoms in total. The van der Waals surface area contributed by atoms with E-state index < -0.39 is 6.17 Å². The fourth-order valence-corrected chi connectivity index (χ4v) is 8.63. The second-order valence-electron chi connectivity index (χ2n) is 13.3. The van der Waals surface area contributed by atoms with Gasteiger partial charge in [-0.25, -0.2) is 9.18 Å². The van der Waals surface area contributed by atoms with Gasteiger partial charge in [-0.05, 0) is 63.5 Å². The monoisotopic (exact) mass is 565 g/mol. The molecule has 40 heavy (non-hydrogen) atoms. The molecule has 0 aromatic heterocycles. The van der Waals surface area contributed by atoms with E-state index in [1.54, 1.807) is 0 Å². The first-order valence-corrected chi connectivity index (χ1v) is 16.0. The first-order valence-electron chi connectivity index (χ1n) is 16.0. The summed E-state index contributed by atoms with van der Waals surface area (Å²) >= 11 is 0. The molecule has 5 aliphatic rings. The Morgan fingerprint density at radius 1 is 1.23 bits per heavy atom. The molecule has 2 amide bonds. The summed E-state index contributed by atoms with van der Waals surface area (Å²) in [5, 5.41) is 14.5. The number of nitrogens with one attached hydrogen (secondary N) is 4. The Bertz CT molecular complexity index is 894. The molecule has 0 aromatic rings. The van der Waals surface area contributed by atoms with Crippen LogP contribution in [0.3, 0.4) is 0 Å². The normalized spacial score (nSPS) is 44.0. The maximum absolute atomic E-state index is 15.8. The van der Waals surface area contributed by atoms with Crippen molar-refractivity contribution in [1.82, 2.24) is 26.2 Å². The smallest absolute Gasteiger partial charge is 0.320 e. The number of halogens is 1. The van der Waals surface area contributed by atoms with Crippen molar-refractivity contribution in [3.63, 3.8) is 0 Å². The average Bonchev–Trinajstić information content (AvgIpc) is 2.90. The molecular weight excluding hydrogens is 513 g/mol. The van der Waals surface area contributed by atoms with E-state index >= 15 is 4.39 Å². The molecule has 4 N–H and O–H groups in total. The molecule has 4 saturated heterocycles. The highest BCUT2D eigenvalue weighted by Crippen LogP contribution is 2.43. The van der Waals surface area contributed by atoms with E-state index in [9.17, 15) is 9.59 Å². The van der Waals surface area contributed by atoms with Gasteiger partial charge in [0, 0.05) is 43.2 Å². The van der Waals surface area contributed by atoms with Gasteiger partial charge in [0.05, 0.1) is 31.1 Å². The Hall–Kier alpha value is -1.49. The molecule has 1 aliphatic carbocycles. The van der Waals surface area contributed by atoms with Crippen LogP contribution in [0.1, 0.15) is 79.6 Å². The minimum Gasteiger partial charge on any atom is -0.462 e. The lowest BCUT2D eigenvalue weighted by Crippen LogP contribution is -2.79. The number of esters is 1. The van der Waals surface area contributed by atoms with Gasteiger partial charge >= 0.3 is 12.0 Å². The Morgan fingerprint density at radius 3 is 2.75 bits per heavy atom. The number of fused-ring (bicyclic) bond motifs is 5. The van der Waals surface area contributed by atoms with Crippen molar-refractivity contribution in [2.45, 2.75) is 128 Å². The van der Waals surface area contributed by atoms with Crippen LogP contribution in [0.5, 0.6) is 0 Å². The molecule has 4 heterocycles. The zero-order valence-corrected chi connectivity index (χ0v) is 25.0. The van der Waals surface area contributed by atoms with Gasteiger partial charge < -0.3 is 25.0 Å². The Labute approximate surface area is 239 Å². The summed E-state index contributed by atoms with van der Waals surface area (Å²) in [6, 6.07) is -0.352. The average molecular weight is 566 g/mol. The second-order valence-corrected chi connectivity index (χ2v) is 13.3. The molecule has 228 valence electrons. The summed E-state index contributed by atoms with van der Waals surface area (Å²) in [5.74, 6) is -0.0247. The Morgan fingerprint density at radius 2 is 2.02 bits per heavy atom. The number of hydrogen-bond donors (Lipinski definition) is 4. The van der Waals surface area contributed by atoms with E-state index in [0.717, 1.165) is 45.2 Å². The molecule has 1 saturated carbocycles. The minimum absolute atomic E-state index is 0.0307. The van der Waals surface area contributed by atoms with Crippen LogP contribution in [0.25, 0.3) is 0 Å². The van der Waals surface area contributed by atoms with E-state index in [4.69, 9.17) is 9.47 Å². The van der Waals surface area contributed by atoms with Gasteiger partial charge in [-0.3, -0.25) is 15.4 Å². The summed E-state index contributed by atoms with van der Waals surface area (Å²) in [6.45, 7) is 12.2. The topological polar surface area (TPSA) is 104 Å². The van der Waals surface area contributed by atoms with Crippen molar-refractivity contribution in [2.24, 2.45) is 29.6 Å². The first kappa shape index (κ1) is 30.0. The zero-order chi connectivity index (χ0) is 28.6. The van der Waals surface area contributed by atoms with E-state index in [-0.39, 0.29) is 84.3 Å². The summed E-state index contributed by atoms with van der Waals surface area (Å²) < 4.78 is 28.3. The molecule has 10 heteroatoms. The van der Waals surface area contributed by atoms with E-state index in [1.807, 2.05) is 4.90 Å². The van der Waals surface area contributed by atoms with Crippen LogP contribution < -0.4 is 21.3 Å². The SMILES string of the molecule is CCCNC1NC(=O)N2C3NC(C(C)CC13)C1C(F)CCCC1OCCC(OC(C)=O)C1CCNC(C(C)C)C12. The molecule has 0 spiro atoms. The molecule has 0 radical (unpaired) electrons. The van der Waals surface area contributed by atoms with Crippen molar-refractivity contribution < 1.29 is 23.5 Å². The lowest BCUT2D eigenvalue weighted by Gasteiger charge is -2.59. The number of amides is 2. The van der Waals surface area contributed by atoms with Crippen molar-refractivity contribution in [3.8, 4) is 0 Å². The van der Waals surface area contributed by atoms with Crippen LogP contribution in [0.2, 0.25) is 0 Å². The number of carbonyl (C=O) groups is 2. The molecule has 2 bridgehead atoms. The molecule has 4 aliphatic heterocycles. The van der Waals surface area contributed by atoms with Crippen LogP contribution >= 0.6 is 0 Å². The van der Waals surface area contributed by atoms with Crippen molar-refractivity contribution in [1.29, 1.82) is 0 Å². The van der Waals surface area contributed by atoms with Gasteiger partial charge in [-0.1, -0.05) is 27.7 Å². The van der Waals surface area contributed by atoms with Crippen molar-refractivity contribution in [3.05, 3.63) is 0 Å². The van der Waals surface area contributed by atoms with Gasteiger partial charge in [-0.2, -0.15) is 0 Å². The number of ether oxygens (including phenoxy) is 2. The highest BCUT2D eigenvalue weighted by atomic mass is 19.1. The van der Waals surface area contributed by atoms with Gasteiger partial charge in [0.1, 0.15) is 12.3 Å². The largest absolute Gasteiger partial charge is 0.462 e. The van der Waals surface area contributed by atoms with E-state index in [2.05, 4.69) is 49.0 Å². The maximum Gasteiger partial charge on any atom is 0.320 e. The quantitative estimate of drug-likeness (QED) is 0.380. The summed E-state index contributed by atoms with van der Waals surface area (Å²) in [5.41, 5.74) is 0. The van der Waals surface area contributed by atoms with Crippen LogP contribution in [0.15, 0.2) is 0 Å². The molecule has 12 unspecified atom stereocenters. The number of nitrogens with zero attached hydrogens (tertiary/aromatic N) is 1. The van der Waals surface area contributed by atoms with Crippen LogP contribution in [0, 0.1) is 29.6 Å². The van der Waals surface area contributed by atoms with Crippen molar-refractivity contribution >= 4 is 12.0 Å². The second kappa shape index (κ2) is 12.8. The number of hydrogen-bond acceptors (Lipinski definition) is 7. The molecule has 5 fully saturated rings. The summed E-state index contributed by atoms with van der Waals surface area (Å²) in [4.78, 5) is 28.6. The van der Waals surface area contributed by atoms with Gasteiger partial charge in [0.15, 0.2) is 0 Å². The zero-order valence-electron chi connectivity index (χ0n) is 25.0. The van der Waals surface area contributed by atoms with Gasteiger partial charge in [-0.15, -0.1) is 0 Å². The van der Waals surface area contributed by atoms with E-state index in [1.165, 1.54) is 6.92 Å². The third kappa shape index (κ3) is 5.88. The fraction of sp³-hybridized carbons (Fsp3) is 0.933. The lowest BCUT2D eigenvalue weighted by molar-refractivity contribution is -0.158. The highest BCUT2D eigenvalue weighted by Gasteiger charge is 2.56. The number of rotatable bonds is 5. The molecular formula is C30H52FN5O4. The number of urea groups is 1. The molecule has 0 aromatic carbocycles. The molecule has 5 rings (SSSR count). The summed E-state index contributed by atoms with van der Waals surface area (Å²) in [6.07, 6.45) is 3.44. The third-order valence-corrected chi connectivity index (χ3v) is 10.3. The number of alkyl halides is 1. The van der Waals surface area contributed by atoms with Crippen LogP contribution in [0.4, 0.5) is 9.18 Å². The minimum atomic E-state index is -0.949. The Kier molecular flexibility index (Phi) is 9.59. The van der Waals surface area contributed by atoms with Crippen LogP contribution in [-0.4, -0.2) is 85.4 Å². The number of piperidine rings is 2. The van der Waals surface area contributed by atoms with Crippen molar-refractivity contribution in [2.75, 3.05) is 19.7 Å². The first-order chi connectivity index (χ1) is 19.2. The van der Waals surface area contributed by atoms with Crippen LogP contribution in [-0.2, 0) is 14.3 Å². The maximum atomic E-state index is 15.8. The predicted molar refractivity (Wildman–Crippen MR) is 151 cm³/mol. The molecule has 12 atom stereocenters. The highest BCUT2D eigenvalue weighted by molar-refractivity contribution is 5.76. The van der Waals surface area contributed by atoms with Gasteiger partial charge in [0.2, 0.25) is 0 Å². The lowest BCUT2D eigenvalue weighted by atomic mass is 9.69. The fourth-order valence-electron chi connectivity index (χ4n) is 8.63. The predicted octanol–water partition coefficient (Wildman–Crippen LogP) is 3.14. The Balaban J connectivity index is 1.60. The van der Waals surface area contributed by atoms with E-state index in [0.29, 0.717) is 19.4 Å². The van der Waals surface area contributed by atoms with Gasteiger partial charge in [0.25, 0.3) is 0 Å². The summed E-state index contributed by atoms with van der Waals surface area (Å²) in [7, 11) is 0.